The Labute approximate surface area is 220 Å². The molecule has 0 spiro atoms. The van der Waals surface area contributed by atoms with E-state index < -0.39 is 11.4 Å². The second-order valence-corrected chi connectivity index (χ2v) is 11.2. The van der Waals surface area contributed by atoms with Crippen molar-refractivity contribution in [2.45, 2.75) is 83.3 Å². The van der Waals surface area contributed by atoms with Crippen LogP contribution in [-0.4, -0.2) is 41.3 Å². The molecule has 3 atom stereocenters. The molecular weight excluding hydrogens is 466 g/mol. The third-order valence-corrected chi connectivity index (χ3v) is 9.57. The van der Waals surface area contributed by atoms with E-state index in [0.717, 1.165) is 37.0 Å². The average molecular weight is 506 g/mol. The zero-order chi connectivity index (χ0) is 26.0. The Hall–Kier alpha value is -3.02. The molecule has 198 valence electrons. The number of carbonyl (C=O) groups excluding carboxylic acids is 1. The second kappa shape index (κ2) is 10.4. The van der Waals surface area contributed by atoms with Gasteiger partial charge >= 0.3 is 12.1 Å². The summed E-state index contributed by atoms with van der Waals surface area (Å²) in [5, 5.41) is 9.81. The molecule has 1 heterocycles. The highest BCUT2D eigenvalue weighted by molar-refractivity contribution is 5.74. The molecule has 3 aliphatic rings. The monoisotopic (exact) mass is 505 g/mol. The van der Waals surface area contributed by atoms with Gasteiger partial charge in [-0.3, -0.25) is 4.79 Å². The first kappa shape index (κ1) is 25.6. The van der Waals surface area contributed by atoms with Crippen molar-refractivity contribution in [1.29, 1.82) is 0 Å². The number of carboxylic acid groups (broad SMARTS) is 1. The quantitative estimate of drug-likeness (QED) is 0.452. The van der Waals surface area contributed by atoms with Crippen LogP contribution in [-0.2, 0) is 28.0 Å². The minimum Gasteiger partial charge on any atom is -0.492 e. The number of likely N-dealkylation sites (tertiary alicyclic amines) is 1. The predicted molar refractivity (Wildman–Crippen MR) is 142 cm³/mol. The fourth-order valence-corrected chi connectivity index (χ4v) is 7.14. The fourth-order valence-electron chi connectivity index (χ4n) is 7.14. The summed E-state index contributed by atoms with van der Waals surface area (Å²) in [6.07, 6.45) is 7.24. The van der Waals surface area contributed by atoms with Crippen molar-refractivity contribution < 1.29 is 24.2 Å². The lowest BCUT2D eigenvalue weighted by molar-refractivity contribution is -0.151. The highest BCUT2D eigenvalue weighted by atomic mass is 16.6. The normalized spacial score (nSPS) is 24.5. The lowest BCUT2D eigenvalue weighted by Crippen LogP contribution is -2.62. The summed E-state index contributed by atoms with van der Waals surface area (Å²) in [6.45, 7) is 5.00. The lowest BCUT2D eigenvalue weighted by Gasteiger charge is -2.58. The van der Waals surface area contributed by atoms with Crippen molar-refractivity contribution in [1.82, 2.24) is 4.90 Å². The van der Waals surface area contributed by atoms with Crippen molar-refractivity contribution in [3.8, 4) is 5.75 Å². The lowest BCUT2D eigenvalue weighted by atomic mass is 9.52. The third-order valence-electron chi connectivity index (χ3n) is 9.57. The van der Waals surface area contributed by atoms with Crippen LogP contribution in [0.4, 0.5) is 4.79 Å². The van der Waals surface area contributed by atoms with E-state index in [1.165, 1.54) is 24.0 Å². The Morgan fingerprint density at radius 2 is 1.86 bits per heavy atom. The maximum absolute atomic E-state index is 13.2. The van der Waals surface area contributed by atoms with Gasteiger partial charge in [-0.1, -0.05) is 63.1 Å². The molecule has 6 nitrogen and oxygen atoms in total. The predicted octanol–water partition coefficient (Wildman–Crippen LogP) is 6.35. The van der Waals surface area contributed by atoms with Gasteiger partial charge in [-0.15, -0.1) is 0 Å². The number of ether oxygens (including phenoxy) is 2. The Balaban J connectivity index is 1.37. The highest BCUT2D eigenvalue weighted by Crippen LogP contribution is 2.56. The molecule has 37 heavy (non-hydrogen) atoms. The molecule has 1 N–H and O–H groups in total. The van der Waals surface area contributed by atoms with E-state index in [9.17, 15) is 14.7 Å². The highest BCUT2D eigenvalue weighted by Gasteiger charge is 2.55. The molecule has 0 unspecified atom stereocenters. The van der Waals surface area contributed by atoms with Gasteiger partial charge < -0.3 is 19.5 Å². The van der Waals surface area contributed by atoms with Crippen molar-refractivity contribution >= 4 is 12.1 Å². The molecule has 1 saturated carbocycles. The van der Waals surface area contributed by atoms with E-state index in [-0.39, 0.29) is 24.2 Å². The van der Waals surface area contributed by atoms with Crippen molar-refractivity contribution in [2.24, 2.45) is 11.3 Å². The van der Waals surface area contributed by atoms with Gasteiger partial charge in [-0.25, -0.2) is 4.79 Å². The average Bonchev–Trinajstić information content (AvgIpc) is 2.93. The van der Waals surface area contributed by atoms with E-state index in [1.807, 2.05) is 55.1 Å². The van der Waals surface area contributed by atoms with Crippen LogP contribution in [0.15, 0.2) is 48.5 Å². The fraction of sp³-hybridized carbons (Fsp3) is 0.548. The maximum Gasteiger partial charge on any atom is 0.410 e. The number of benzene rings is 2. The van der Waals surface area contributed by atoms with E-state index >= 15 is 0 Å². The van der Waals surface area contributed by atoms with Crippen LogP contribution in [0.25, 0.3) is 0 Å². The molecular formula is C31H39NO5. The van der Waals surface area contributed by atoms with Gasteiger partial charge in [0.25, 0.3) is 0 Å². The molecule has 6 heteroatoms. The Bertz CT molecular complexity index is 1130. The molecule has 2 aliphatic carbocycles. The number of aliphatic carboxylic acids is 1. The summed E-state index contributed by atoms with van der Waals surface area (Å²) in [6, 6.07) is 16.3. The summed E-state index contributed by atoms with van der Waals surface area (Å²) < 4.78 is 11.9. The first-order chi connectivity index (χ1) is 17.9. The number of fused-ring (bicyclic) bond motifs is 1. The Morgan fingerprint density at radius 3 is 2.59 bits per heavy atom. The first-order valence-corrected chi connectivity index (χ1v) is 13.9. The van der Waals surface area contributed by atoms with E-state index in [4.69, 9.17) is 9.47 Å². The van der Waals surface area contributed by atoms with Crippen molar-refractivity contribution in [2.75, 3.05) is 13.2 Å². The molecule has 1 amide bonds. The van der Waals surface area contributed by atoms with Crippen LogP contribution in [0.2, 0.25) is 0 Å². The van der Waals surface area contributed by atoms with Gasteiger partial charge in [0.1, 0.15) is 24.4 Å². The molecule has 2 aromatic rings. The van der Waals surface area contributed by atoms with Crippen LogP contribution in [0, 0.1) is 11.3 Å². The number of hydrogen-bond donors (Lipinski definition) is 1. The maximum atomic E-state index is 13.2. The number of rotatable bonds is 8. The summed E-state index contributed by atoms with van der Waals surface area (Å²) in [5.41, 5.74) is 2.83. The number of carbonyl (C=O) groups is 2. The van der Waals surface area contributed by atoms with Crippen LogP contribution >= 0.6 is 0 Å². The molecule has 2 aromatic carbocycles. The Morgan fingerprint density at radius 1 is 1.08 bits per heavy atom. The zero-order valence-electron chi connectivity index (χ0n) is 22.1. The van der Waals surface area contributed by atoms with Crippen molar-refractivity contribution in [3.05, 3.63) is 65.2 Å². The molecule has 1 saturated heterocycles. The number of piperidine rings is 1. The van der Waals surface area contributed by atoms with Gasteiger partial charge in [0.05, 0.1) is 0 Å². The van der Waals surface area contributed by atoms with E-state index in [0.29, 0.717) is 31.9 Å². The number of amides is 1. The molecule has 2 bridgehead atoms. The molecule has 1 aliphatic heterocycles. The van der Waals surface area contributed by atoms with Crippen molar-refractivity contribution in [3.63, 3.8) is 0 Å². The Kier molecular flexibility index (Phi) is 7.19. The van der Waals surface area contributed by atoms with Gasteiger partial charge in [-0.2, -0.15) is 0 Å². The van der Waals surface area contributed by atoms with E-state index in [1.54, 1.807) is 0 Å². The van der Waals surface area contributed by atoms with Crippen LogP contribution < -0.4 is 4.74 Å². The van der Waals surface area contributed by atoms with Crippen LogP contribution in [0.3, 0.4) is 0 Å². The second-order valence-electron chi connectivity index (χ2n) is 11.2. The minimum absolute atomic E-state index is 0.0471. The van der Waals surface area contributed by atoms with Gasteiger partial charge in [0.15, 0.2) is 0 Å². The SMILES string of the molecule is CCC(CC)(COc1ccc2c(c1)[C@@]13CCCC[C@H]1[C@@H](C2)N(C(=O)OCc1ccccc1)CC3)C(=O)O. The van der Waals surface area contributed by atoms with Crippen LogP contribution in [0.1, 0.15) is 75.5 Å². The zero-order valence-corrected chi connectivity index (χ0v) is 22.1. The largest absolute Gasteiger partial charge is 0.492 e. The molecule has 0 aromatic heterocycles. The number of nitrogens with zero attached hydrogens (tertiary/aromatic N) is 1. The summed E-state index contributed by atoms with van der Waals surface area (Å²) in [5.74, 6) is 0.371. The summed E-state index contributed by atoms with van der Waals surface area (Å²) in [4.78, 5) is 27.2. The topological polar surface area (TPSA) is 76.1 Å². The molecule has 0 radical (unpaired) electrons. The summed E-state index contributed by atoms with van der Waals surface area (Å²) in [7, 11) is 0. The molecule has 2 fully saturated rings. The smallest absolute Gasteiger partial charge is 0.410 e. The van der Waals surface area contributed by atoms with Gasteiger partial charge in [0, 0.05) is 18.0 Å². The molecule has 5 rings (SSSR count). The number of carboxylic acids is 1. The summed E-state index contributed by atoms with van der Waals surface area (Å²) >= 11 is 0. The van der Waals surface area contributed by atoms with E-state index in [2.05, 4.69) is 12.1 Å². The number of hydrogen-bond acceptors (Lipinski definition) is 4. The standard InChI is InChI=1S/C31H39NO5/c1-3-30(4-2,28(33)34)21-37-24-14-13-23-18-27-25-12-8-9-15-31(25,26(23)19-24)16-17-32(27)29(35)36-20-22-10-6-5-7-11-22/h5-7,10-11,13-14,19,25,27H,3-4,8-9,12,15-18,20-21H2,1-2H3,(H,33,34)/t25-,27+,31+/m0/s1. The van der Waals surface area contributed by atoms with Gasteiger partial charge in [0.2, 0.25) is 0 Å². The third kappa shape index (κ3) is 4.60. The van der Waals surface area contributed by atoms with Gasteiger partial charge in [-0.05, 0) is 73.3 Å². The van der Waals surface area contributed by atoms with Crippen LogP contribution in [0.5, 0.6) is 5.75 Å². The first-order valence-electron chi connectivity index (χ1n) is 13.9. The minimum atomic E-state index is -0.863.